The van der Waals surface area contributed by atoms with Crippen LogP contribution in [-0.4, -0.2) is 31.5 Å². The third-order valence-electron chi connectivity index (χ3n) is 2.30. The third kappa shape index (κ3) is 5.06. The van der Waals surface area contributed by atoms with E-state index in [4.69, 9.17) is 9.47 Å². The van der Waals surface area contributed by atoms with Crippen LogP contribution >= 0.6 is 0 Å². The van der Waals surface area contributed by atoms with Gasteiger partial charge < -0.3 is 19.9 Å². The van der Waals surface area contributed by atoms with Crippen molar-refractivity contribution in [3.63, 3.8) is 0 Å². The van der Waals surface area contributed by atoms with E-state index in [1.54, 1.807) is 13.2 Å². The Kier molecular flexibility index (Phi) is 5.80. The van der Waals surface area contributed by atoms with E-state index in [0.29, 0.717) is 12.4 Å². The smallest absolute Gasteiger partial charge is 0.160 e. The minimum atomic E-state index is 0.166. The van der Waals surface area contributed by atoms with Crippen molar-refractivity contribution >= 4 is 0 Å². The summed E-state index contributed by atoms with van der Waals surface area (Å²) >= 11 is 0. The predicted octanol–water partition coefficient (Wildman–Crippen LogP) is 1.92. The highest BCUT2D eigenvalue weighted by Crippen LogP contribution is 2.25. The molecule has 0 radical (unpaired) electrons. The Hall–Kier alpha value is -1.26. The van der Waals surface area contributed by atoms with E-state index in [1.165, 1.54) is 0 Å². The first-order chi connectivity index (χ1) is 8.13. The van der Waals surface area contributed by atoms with Gasteiger partial charge in [-0.15, -0.1) is 0 Å². The van der Waals surface area contributed by atoms with Gasteiger partial charge in [-0.3, -0.25) is 0 Å². The Morgan fingerprint density at radius 3 is 2.76 bits per heavy atom. The molecule has 0 aliphatic heterocycles. The SMILES string of the molecule is COc1cc(CNCCOC(C)C)ccc1O. The van der Waals surface area contributed by atoms with Crippen LogP contribution in [0, 0.1) is 0 Å². The Morgan fingerprint density at radius 1 is 1.35 bits per heavy atom. The van der Waals surface area contributed by atoms with Crippen LogP contribution in [0.1, 0.15) is 19.4 Å². The number of aromatic hydroxyl groups is 1. The lowest BCUT2D eigenvalue weighted by Crippen LogP contribution is -2.20. The van der Waals surface area contributed by atoms with Crippen molar-refractivity contribution in [2.75, 3.05) is 20.3 Å². The molecule has 0 aliphatic carbocycles. The van der Waals surface area contributed by atoms with Crippen LogP contribution in [0.2, 0.25) is 0 Å². The van der Waals surface area contributed by atoms with Crippen molar-refractivity contribution in [1.82, 2.24) is 5.32 Å². The summed E-state index contributed by atoms with van der Waals surface area (Å²) in [5, 5.41) is 12.7. The monoisotopic (exact) mass is 239 g/mol. The Morgan fingerprint density at radius 2 is 2.12 bits per heavy atom. The van der Waals surface area contributed by atoms with E-state index < -0.39 is 0 Å². The summed E-state index contributed by atoms with van der Waals surface area (Å²) in [6, 6.07) is 5.33. The number of nitrogens with one attached hydrogen (secondary N) is 1. The fourth-order valence-corrected chi connectivity index (χ4v) is 1.43. The topological polar surface area (TPSA) is 50.7 Å². The number of phenolic OH excluding ortho intramolecular Hbond substituents is 1. The van der Waals surface area contributed by atoms with E-state index in [2.05, 4.69) is 5.32 Å². The highest BCUT2D eigenvalue weighted by atomic mass is 16.5. The van der Waals surface area contributed by atoms with Crippen LogP contribution in [0.25, 0.3) is 0 Å². The van der Waals surface area contributed by atoms with Gasteiger partial charge in [0.05, 0.1) is 19.8 Å². The maximum atomic E-state index is 9.44. The van der Waals surface area contributed by atoms with Crippen molar-refractivity contribution in [1.29, 1.82) is 0 Å². The summed E-state index contributed by atoms with van der Waals surface area (Å²) in [7, 11) is 1.54. The van der Waals surface area contributed by atoms with Gasteiger partial charge in [0.1, 0.15) is 0 Å². The Balaban J connectivity index is 2.32. The molecule has 1 aromatic carbocycles. The molecule has 0 saturated carbocycles. The van der Waals surface area contributed by atoms with Crippen LogP contribution in [0.3, 0.4) is 0 Å². The molecule has 1 aromatic rings. The maximum Gasteiger partial charge on any atom is 0.160 e. The maximum absolute atomic E-state index is 9.44. The molecule has 0 bridgehead atoms. The van der Waals surface area contributed by atoms with Crippen molar-refractivity contribution in [2.24, 2.45) is 0 Å². The number of benzene rings is 1. The van der Waals surface area contributed by atoms with Crippen LogP contribution in [-0.2, 0) is 11.3 Å². The molecular weight excluding hydrogens is 218 g/mol. The van der Waals surface area contributed by atoms with Gasteiger partial charge in [0, 0.05) is 13.1 Å². The molecular formula is C13H21NO3. The molecule has 4 nitrogen and oxygen atoms in total. The summed E-state index contributed by atoms with van der Waals surface area (Å²) in [5.41, 5.74) is 1.07. The molecule has 0 unspecified atom stereocenters. The van der Waals surface area contributed by atoms with Crippen molar-refractivity contribution in [3.05, 3.63) is 23.8 Å². The predicted molar refractivity (Wildman–Crippen MR) is 67.5 cm³/mol. The molecule has 4 heteroatoms. The van der Waals surface area contributed by atoms with E-state index in [9.17, 15) is 5.11 Å². The highest BCUT2D eigenvalue weighted by Gasteiger charge is 2.02. The van der Waals surface area contributed by atoms with E-state index >= 15 is 0 Å². The molecule has 0 heterocycles. The number of phenols is 1. The number of ether oxygens (including phenoxy) is 2. The van der Waals surface area contributed by atoms with E-state index in [-0.39, 0.29) is 11.9 Å². The fourth-order valence-electron chi connectivity index (χ4n) is 1.43. The first-order valence-electron chi connectivity index (χ1n) is 5.81. The summed E-state index contributed by atoms with van der Waals surface area (Å²) in [4.78, 5) is 0. The zero-order valence-corrected chi connectivity index (χ0v) is 10.7. The van der Waals surface area contributed by atoms with Gasteiger partial charge in [0.15, 0.2) is 11.5 Å². The van der Waals surface area contributed by atoms with Crippen molar-refractivity contribution in [2.45, 2.75) is 26.5 Å². The summed E-state index contributed by atoms with van der Waals surface area (Å²) in [5.74, 6) is 0.669. The third-order valence-corrected chi connectivity index (χ3v) is 2.30. The summed E-state index contributed by atoms with van der Waals surface area (Å²) in [6.07, 6.45) is 0.269. The van der Waals surface area contributed by atoms with Gasteiger partial charge in [0.25, 0.3) is 0 Å². The highest BCUT2D eigenvalue weighted by molar-refractivity contribution is 5.41. The fraction of sp³-hybridized carbons (Fsp3) is 0.538. The lowest BCUT2D eigenvalue weighted by molar-refractivity contribution is 0.0807. The molecule has 0 saturated heterocycles. The molecule has 0 spiro atoms. The van der Waals surface area contributed by atoms with E-state index in [1.807, 2.05) is 26.0 Å². The van der Waals surface area contributed by atoms with Crippen LogP contribution in [0.5, 0.6) is 11.5 Å². The number of hydrogen-bond acceptors (Lipinski definition) is 4. The molecule has 2 N–H and O–H groups in total. The van der Waals surface area contributed by atoms with Gasteiger partial charge in [0.2, 0.25) is 0 Å². The van der Waals surface area contributed by atoms with Crippen LogP contribution in [0.15, 0.2) is 18.2 Å². The molecule has 0 atom stereocenters. The zero-order valence-electron chi connectivity index (χ0n) is 10.7. The Labute approximate surface area is 103 Å². The molecule has 0 aromatic heterocycles. The summed E-state index contributed by atoms with van der Waals surface area (Å²) < 4.78 is 10.5. The van der Waals surface area contributed by atoms with Gasteiger partial charge in [-0.25, -0.2) is 0 Å². The minimum Gasteiger partial charge on any atom is -0.504 e. The quantitative estimate of drug-likeness (QED) is 0.714. The standard InChI is InChI=1S/C13H21NO3/c1-10(2)17-7-6-14-9-11-4-5-12(15)13(8-11)16-3/h4-5,8,10,14-15H,6-7,9H2,1-3H3. The second-order valence-corrected chi connectivity index (χ2v) is 4.10. The van der Waals surface area contributed by atoms with Gasteiger partial charge >= 0.3 is 0 Å². The zero-order chi connectivity index (χ0) is 12.7. The second kappa shape index (κ2) is 7.14. The molecule has 0 amide bonds. The van der Waals surface area contributed by atoms with Crippen molar-refractivity contribution in [3.8, 4) is 11.5 Å². The van der Waals surface area contributed by atoms with E-state index in [0.717, 1.165) is 18.7 Å². The first-order valence-corrected chi connectivity index (χ1v) is 5.81. The normalized spacial score (nSPS) is 10.8. The number of methoxy groups -OCH3 is 1. The second-order valence-electron chi connectivity index (χ2n) is 4.10. The minimum absolute atomic E-state index is 0.166. The van der Waals surface area contributed by atoms with Crippen molar-refractivity contribution < 1.29 is 14.6 Å². The lowest BCUT2D eigenvalue weighted by atomic mass is 10.2. The molecule has 96 valence electrons. The average molecular weight is 239 g/mol. The lowest BCUT2D eigenvalue weighted by Gasteiger charge is -2.09. The molecule has 0 fully saturated rings. The molecule has 1 rings (SSSR count). The van der Waals surface area contributed by atoms with Gasteiger partial charge in [-0.2, -0.15) is 0 Å². The van der Waals surface area contributed by atoms with Crippen LogP contribution in [0.4, 0.5) is 0 Å². The number of hydrogen-bond donors (Lipinski definition) is 2. The first kappa shape index (κ1) is 13.8. The molecule has 0 aliphatic rings. The van der Waals surface area contributed by atoms with Gasteiger partial charge in [-0.05, 0) is 31.5 Å². The van der Waals surface area contributed by atoms with Gasteiger partial charge in [-0.1, -0.05) is 6.07 Å². The largest absolute Gasteiger partial charge is 0.504 e. The van der Waals surface area contributed by atoms with Crippen LogP contribution < -0.4 is 10.1 Å². The Bertz CT molecular complexity index is 339. The average Bonchev–Trinajstić information content (AvgIpc) is 2.30. The number of rotatable bonds is 7. The molecule has 17 heavy (non-hydrogen) atoms. The summed E-state index contributed by atoms with van der Waals surface area (Å²) in [6.45, 7) is 6.28.